The SMILES string of the molecule is Cc1c(-c2ccccc2)nn2c1NCC1CNCCC12. The zero-order valence-corrected chi connectivity index (χ0v) is 11.8. The monoisotopic (exact) mass is 268 g/mol. The van der Waals surface area contributed by atoms with Gasteiger partial charge in [-0.2, -0.15) is 5.10 Å². The molecule has 2 atom stereocenters. The van der Waals surface area contributed by atoms with E-state index in [1.165, 1.54) is 23.4 Å². The van der Waals surface area contributed by atoms with Crippen LogP contribution >= 0.6 is 0 Å². The van der Waals surface area contributed by atoms with E-state index >= 15 is 0 Å². The number of rotatable bonds is 1. The summed E-state index contributed by atoms with van der Waals surface area (Å²) in [7, 11) is 0. The van der Waals surface area contributed by atoms with Gasteiger partial charge in [0.1, 0.15) is 5.82 Å². The molecule has 2 aromatic rings. The minimum absolute atomic E-state index is 0.545. The number of aromatic nitrogens is 2. The molecule has 0 bridgehead atoms. The van der Waals surface area contributed by atoms with Crippen molar-refractivity contribution in [2.24, 2.45) is 5.92 Å². The van der Waals surface area contributed by atoms with Gasteiger partial charge in [0.2, 0.25) is 0 Å². The maximum atomic E-state index is 4.93. The Labute approximate surface area is 119 Å². The average Bonchev–Trinajstić information content (AvgIpc) is 2.86. The fraction of sp³-hybridized carbons (Fsp3) is 0.438. The lowest BCUT2D eigenvalue weighted by atomic mass is 9.92. The van der Waals surface area contributed by atoms with Crippen LogP contribution in [0, 0.1) is 12.8 Å². The van der Waals surface area contributed by atoms with Crippen molar-refractivity contribution in [3.8, 4) is 11.3 Å². The first-order valence-electron chi connectivity index (χ1n) is 7.43. The van der Waals surface area contributed by atoms with Crippen LogP contribution in [0.4, 0.5) is 5.82 Å². The van der Waals surface area contributed by atoms with Crippen LogP contribution in [0.5, 0.6) is 0 Å². The van der Waals surface area contributed by atoms with Crippen molar-refractivity contribution in [2.75, 3.05) is 25.0 Å². The molecule has 1 aromatic heterocycles. The molecular formula is C16H20N4. The number of nitrogens with one attached hydrogen (secondary N) is 2. The first-order chi connectivity index (χ1) is 9.84. The first kappa shape index (κ1) is 12.0. The second-order valence-electron chi connectivity index (χ2n) is 5.83. The largest absolute Gasteiger partial charge is 0.370 e. The Balaban J connectivity index is 1.80. The predicted octanol–water partition coefficient (Wildman–Crippen LogP) is 2.43. The zero-order chi connectivity index (χ0) is 13.5. The summed E-state index contributed by atoms with van der Waals surface area (Å²) in [4.78, 5) is 0. The molecule has 4 rings (SSSR count). The molecule has 104 valence electrons. The Morgan fingerprint density at radius 3 is 2.90 bits per heavy atom. The van der Waals surface area contributed by atoms with Crippen molar-refractivity contribution in [1.82, 2.24) is 15.1 Å². The van der Waals surface area contributed by atoms with Crippen LogP contribution in [0.1, 0.15) is 18.0 Å². The number of anilines is 1. The fourth-order valence-corrected chi connectivity index (χ4v) is 3.51. The number of piperidine rings is 1. The lowest BCUT2D eigenvalue weighted by Crippen LogP contribution is -2.44. The molecule has 2 unspecified atom stereocenters. The van der Waals surface area contributed by atoms with E-state index in [1.54, 1.807) is 0 Å². The average molecular weight is 268 g/mol. The molecule has 20 heavy (non-hydrogen) atoms. The Bertz CT molecular complexity index is 617. The van der Waals surface area contributed by atoms with Gasteiger partial charge in [0.05, 0.1) is 11.7 Å². The molecule has 1 fully saturated rings. The molecule has 3 heterocycles. The van der Waals surface area contributed by atoms with Gasteiger partial charge in [-0.1, -0.05) is 30.3 Å². The van der Waals surface area contributed by atoms with Crippen LogP contribution in [0.25, 0.3) is 11.3 Å². The molecule has 4 nitrogen and oxygen atoms in total. The normalized spacial score (nSPS) is 24.6. The number of hydrogen-bond acceptors (Lipinski definition) is 3. The van der Waals surface area contributed by atoms with Crippen LogP contribution in [0.3, 0.4) is 0 Å². The van der Waals surface area contributed by atoms with Crippen LogP contribution in [0.2, 0.25) is 0 Å². The topological polar surface area (TPSA) is 41.9 Å². The minimum Gasteiger partial charge on any atom is -0.370 e. The molecule has 0 radical (unpaired) electrons. The van der Waals surface area contributed by atoms with Crippen molar-refractivity contribution < 1.29 is 0 Å². The smallest absolute Gasteiger partial charge is 0.128 e. The molecule has 0 amide bonds. The van der Waals surface area contributed by atoms with E-state index in [0.717, 1.165) is 25.3 Å². The zero-order valence-electron chi connectivity index (χ0n) is 11.8. The number of nitrogens with zero attached hydrogens (tertiary/aromatic N) is 2. The Kier molecular flexibility index (Phi) is 2.77. The Morgan fingerprint density at radius 1 is 1.20 bits per heavy atom. The highest BCUT2D eigenvalue weighted by Crippen LogP contribution is 2.37. The summed E-state index contributed by atoms with van der Waals surface area (Å²) in [5.74, 6) is 1.87. The maximum Gasteiger partial charge on any atom is 0.128 e. The lowest BCUT2D eigenvalue weighted by molar-refractivity contribution is 0.238. The van der Waals surface area contributed by atoms with Crippen molar-refractivity contribution >= 4 is 5.82 Å². The Morgan fingerprint density at radius 2 is 2.05 bits per heavy atom. The van der Waals surface area contributed by atoms with Gasteiger partial charge in [-0.25, -0.2) is 4.68 Å². The molecule has 0 spiro atoms. The van der Waals surface area contributed by atoms with Crippen molar-refractivity contribution in [2.45, 2.75) is 19.4 Å². The summed E-state index contributed by atoms with van der Waals surface area (Å²) in [6.45, 7) is 5.42. The van der Waals surface area contributed by atoms with E-state index in [-0.39, 0.29) is 0 Å². The van der Waals surface area contributed by atoms with Gasteiger partial charge in [0.15, 0.2) is 0 Å². The second-order valence-corrected chi connectivity index (χ2v) is 5.83. The highest BCUT2D eigenvalue weighted by atomic mass is 15.4. The molecule has 0 saturated carbocycles. The maximum absolute atomic E-state index is 4.93. The van der Waals surface area contributed by atoms with Crippen LogP contribution in [-0.2, 0) is 0 Å². The fourth-order valence-electron chi connectivity index (χ4n) is 3.51. The van der Waals surface area contributed by atoms with Gasteiger partial charge < -0.3 is 10.6 Å². The van der Waals surface area contributed by atoms with Crippen LogP contribution < -0.4 is 10.6 Å². The molecular weight excluding hydrogens is 248 g/mol. The summed E-state index contributed by atoms with van der Waals surface area (Å²) < 4.78 is 2.24. The molecule has 2 N–H and O–H groups in total. The summed E-state index contributed by atoms with van der Waals surface area (Å²) >= 11 is 0. The molecule has 2 aliphatic heterocycles. The lowest BCUT2D eigenvalue weighted by Gasteiger charge is -2.37. The third kappa shape index (κ3) is 1.75. The van der Waals surface area contributed by atoms with Gasteiger partial charge >= 0.3 is 0 Å². The second kappa shape index (κ2) is 4.63. The van der Waals surface area contributed by atoms with Crippen molar-refractivity contribution in [1.29, 1.82) is 0 Å². The summed E-state index contributed by atoms with van der Waals surface area (Å²) in [6.07, 6.45) is 1.18. The van der Waals surface area contributed by atoms with Crippen molar-refractivity contribution in [3.05, 3.63) is 35.9 Å². The van der Waals surface area contributed by atoms with Gasteiger partial charge in [0.25, 0.3) is 0 Å². The number of benzene rings is 1. The van der Waals surface area contributed by atoms with Crippen LogP contribution in [0.15, 0.2) is 30.3 Å². The molecule has 1 aromatic carbocycles. The summed E-state index contributed by atoms with van der Waals surface area (Å²) in [5.41, 5.74) is 3.60. The molecule has 0 aliphatic carbocycles. The van der Waals surface area contributed by atoms with Gasteiger partial charge in [0, 0.05) is 30.1 Å². The van der Waals surface area contributed by atoms with Crippen LogP contribution in [-0.4, -0.2) is 29.4 Å². The minimum atomic E-state index is 0.545. The summed E-state index contributed by atoms with van der Waals surface area (Å²) in [6, 6.07) is 11.0. The van der Waals surface area contributed by atoms with E-state index < -0.39 is 0 Å². The quantitative estimate of drug-likeness (QED) is 0.834. The highest BCUT2D eigenvalue weighted by molar-refractivity contribution is 5.69. The Hall–Kier alpha value is -1.81. The molecule has 2 aliphatic rings. The third-order valence-electron chi connectivity index (χ3n) is 4.61. The number of fused-ring (bicyclic) bond motifs is 3. The van der Waals surface area contributed by atoms with E-state index in [9.17, 15) is 0 Å². The summed E-state index contributed by atoms with van der Waals surface area (Å²) in [5, 5.41) is 12.0. The van der Waals surface area contributed by atoms with Gasteiger partial charge in [-0.3, -0.25) is 0 Å². The predicted molar refractivity (Wildman–Crippen MR) is 80.9 cm³/mol. The first-order valence-corrected chi connectivity index (χ1v) is 7.43. The highest BCUT2D eigenvalue weighted by Gasteiger charge is 2.34. The standard InChI is InChI=1S/C16H20N4/c1-11-15(12-5-3-2-4-6-12)19-20-14-7-8-17-9-13(14)10-18-16(11)20/h2-6,13-14,17-18H,7-10H2,1H3. The van der Waals surface area contributed by atoms with E-state index in [0.29, 0.717) is 12.0 Å². The third-order valence-corrected chi connectivity index (χ3v) is 4.61. The van der Waals surface area contributed by atoms with E-state index in [2.05, 4.69) is 52.6 Å². The van der Waals surface area contributed by atoms with E-state index in [1.807, 2.05) is 0 Å². The number of hydrogen-bond donors (Lipinski definition) is 2. The van der Waals surface area contributed by atoms with Gasteiger partial charge in [-0.05, 0) is 19.9 Å². The molecule has 1 saturated heterocycles. The molecule has 4 heteroatoms. The van der Waals surface area contributed by atoms with E-state index in [4.69, 9.17) is 5.10 Å². The van der Waals surface area contributed by atoms with Crippen molar-refractivity contribution in [3.63, 3.8) is 0 Å². The van der Waals surface area contributed by atoms with Gasteiger partial charge in [-0.15, -0.1) is 0 Å².